The predicted octanol–water partition coefficient (Wildman–Crippen LogP) is 0.640. The molecule has 0 aliphatic carbocycles. The number of rotatable bonds is 3. The normalized spacial score (nSPS) is 20.6. The molecule has 0 saturated carbocycles. The van der Waals surface area contributed by atoms with Crippen LogP contribution < -0.4 is 0 Å². The van der Waals surface area contributed by atoms with E-state index < -0.39 is 0 Å². The molecule has 2 heterocycles. The van der Waals surface area contributed by atoms with Crippen molar-refractivity contribution >= 4 is 18.5 Å². The minimum absolute atomic E-state index is 0.0543. The van der Waals surface area contributed by atoms with Crippen LogP contribution in [0.4, 0.5) is 0 Å². The minimum atomic E-state index is -0.0543. The van der Waals surface area contributed by atoms with Gasteiger partial charge in [-0.05, 0) is 5.75 Å². The van der Waals surface area contributed by atoms with Crippen molar-refractivity contribution in [2.75, 3.05) is 25.4 Å². The summed E-state index contributed by atoms with van der Waals surface area (Å²) in [5.41, 5.74) is 1.02. The summed E-state index contributed by atoms with van der Waals surface area (Å²) < 4.78 is 7.41. The van der Waals surface area contributed by atoms with Gasteiger partial charge in [0, 0.05) is 31.8 Å². The van der Waals surface area contributed by atoms with Gasteiger partial charge >= 0.3 is 0 Å². The molecule has 2 rings (SSSR count). The van der Waals surface area contributed by atoms with Crippen LogP contribution in [0.2, 0.25) is 0 Å². The fourth-order valence-corrected chi connectivity index (χ4v) is 2.13. The topological polar surface area (TPSA) is 47.4 Å². The smallest absolute Gasteiger partial charge is 0.223 e. The van der Waals surface area contributed by atoms with E-state index in [9.17, 15) is 4.79 Å². The van der Waals surface area contributed by atoms with E-state index >= 15 is 0 Å². The van der Waals surface area contributed by atoms with Gasteiger partial charge in [0.05, 0.1) is 19.3 Å². The van der Waals surface area contributed by atoms with Crippen LogP contribution >= 0.6 is 12.6 Å². The third-order valence-corrected chi connectivity index (χ3v) is 3.07. The zero-order valence-electron chi connectivity index (χ0n) is 9.87. The number of aryl methyl sites for hydroxylation is 1. The first-order valence-electron chi connectivity index (χ1n) is 5.69. The van der Waals surface area contributed by atoms with Crippen LogP contribution in [0.1, 0.15) is 18.1 Å². The van der Waals surface area contributed by atoms with Gasteiger partial charge in [-0.25, -0.2) is 0 Å². The van der Waals surface area contributed by atoms with Crippen molar-refractivity contribution in [2.24, 2.45) is 7.05 Å². The zero-order valence-corrected chi connectivity index (χ0v) is 10.8. The van der Waals surface area contributed by atoms with Gasteiger partial charge in [-0.2, -0.15) is 17.7 Å². The maximum atomic E-state index is 11.8. The largest absolute Gasteiger partial charge is 0.370 e. The van der Waals surface area contributed by atoms with E-state index in [-0.39, 0.29) is 12.0 Å². The molecule has 1 atom stereocenters. The molecule has 0 N–H and O–H groups in total. The summed E-state index contributed by atoms with van der Waals surface area (Å²) in [7, 11) is 1.87. The second-order valence-electron chi connectivity index (χ2n) is 4.12. The summed E-state index contributed by atoms with van der Waals surface area (Å²) in [4.78, 5) is 13.6. The molecule has 5 nitrogen and oxygen atoms in total. The highest BCUT2D eigenvalue weighted by Crippen LogP contribution is 2.21. The number of ether oxygens (including phenoxy) is 1. The van der Waals surface area contributed by atoms with E-state index in [2.05, 4.69) is 17.7 Å². The second kappa shape index (κ2) is 5.55. The highest BCUT2D eigenvalue weighted by Gasteiger charge is 2.25. The molecule has 0 spiro atoms. The van der Waals surface area contributed by atoms with Gasteiger partial charge in [-0.3, -0.25) is 9.48 Å². The number of aromatic nitrogens is 2. The number of amides is 1. The molecule has 1 amide bonds. The van der Waals surface area contributed by atoms with Crippen LogP contribution in [-0.2, 0) is 16.6 Å². The number of hydrogen-bond donors (Lipinski definition) is 1. The van der Waals surface area contributed by atoms with Crippen molar-refractivity contribution in [1.82, 2.24) is 14.7 Å². The zero-order chi connectivity index (χ0) is 12.3. The fourth-order valence-electron chi connectivity index (χ4n) is 1.94. The van der Waals surface area contributed by atoms with Gasteiger partial charge in [0.25, 0.3) is 0 Å². The van der Waals surface area contributed by atoms with Crippen LogP contribution in [-0.4, -0.2) is 46.0 Å². The van der Waals surface area contributed by atoms with Crippen LogP contribution in [0.25, 0.3) is 0 Å². The third kappa shape index (κ3) is 3.01. The molecule has 17 heavy (non-hydrogen) atoms. The first-order chi connectivity index (χ1) is 8.20. The van der Waals surface area contributed by atoms with E-state index in [1.807, 2.05) is 18.1 Å². The molecule has 1 aromatic heterocycles. The average molecular weight is 255 g/mol. The van der Waals surface area contributed by atoms with Crippen molar-refractivity contribution in [1.29, 1.82) is 0 Å². The Morgan fingerprint density at radius 1 is 1.71 bits per heavy atom. The maximum Gasteiger partial charge on any atom is 0.223 e. The van der Waals surface area contributed by atoms with E-state index in [4.69, 9.17) is 4.74 Å². The highest BCUT2D eigenvalue weighted by atomic mass is 32.1. The summed E-state index contributed by atoms with van der Waals surface area (Å²) in [5, 5.41) is 4.12. The molecule has 0 bridgehead atoms. The van der Waals surface area contributed by atoms with Gasteiger partial charge in [0.2, 0.25) is 5.91 Å². The Morgan fingerprint density at radius 3 is 3.18 bits per heavy atom. The number of carbonyl (C=O) groups is 1. The molecule has 0 aromatic carbocycles. The summed E-state index contributed by atoms with van der Waals surface area (Å²) in [6.07, 6.45) is 4.15. The van der Waals surface area contributed by atoms with Crippen LogP contribution in [0, 0.1) is 0 Å². The molecule has 1 aromatic rings. The van der Waals surface area contributed by atoms with E-state index in [0.717, 1.165) is 5.56 Å². The second-order valence-corrected chi connectivity index (χ2v) is 4.57. The van der Waals surface area contributed by atoms with E-state index in [1.54, 1.807) is 10.9 Å². The Bertz CT molecular complexity index is 394. The fraction of sp³-hybridized carbons (Fsp3) is 0.636. The first-order valence-corrected chi connectivity index (χ1v) is 6.32. The molecule has 1 saturated heterocycles. The van der Waals surface area contributed by atoms with Crippen molar-refractivity contribution in [3.63, 3.8) is 0 Å². The molecule has 1 aliphatic rings. The van der Waals surface area contributed by atoms with Gasteiger partial charge in [-0.1, -0.05) is 0 Å². The third-order valence-electron chi connectivity index (χ3n) is 2.84. The molecular weight excluding hydrogens is 238 g/mol. The first kappa shape index (κ1) is 12.4. The lowest BCUT2D eigenvalue weighted by Crippen LogP contribution is -2.42. The molecular formula is C11H17N3O2S. The van der Waals surface area contributed by atoms with Crippen molar-refractivity contribution < 1.29 is 9.53 Å². The number of morpholine rings is 1. The number of nitrogens with zero attached hydrogens (tertiary/aromatic N) is 3. The number of carbonyl (C=O) groups excluding carboxylic acids is 1. The number of hydrogen-bond acceptors (Lipinski definition) is 4. The molecule has 0 radical (unpaired) electrons. The maximum absolute atomic E-state index is 11.8. The van der Waals surface area contributed by atoms with Crippen molar-refractivity contribution in [3.8, 4) is 0 Å². The van der Waals surface area contributed by atoms with Crippen molar-refractivity contribution in [3.05, 3.63) is 18.0 Å². The summed E-state index contributed by atoms with van der Waals surface area (Å²) in [5.74, 6) is 0.741. The molecule has 1 aliphatic heterocycles. The Labute approximate surface area is 106 Å². The standard InChI is InChI=1S/C11H17N3O2S/c1-13-7-9(6-12-13)10-8-14(3-4-16-10)11(15)2-5-17/h6-7,10,17H,2-5,8H2,1H3. The Hall–Kier alpha value is -1.01. The molecule has 6 heteroatoms. The van der Waals surface area contributed by atoms with Crippen LogP contribution in [0.5, 0.6) is 0 Å². The Kier molecular flexibility index (Phi) is 4.06. The SMILES string of the molecule is Cn1cc(C2CN(C(=O)CCS)CCO2)cn1. The summed E-state index contributed by atoms with van der Waals surface area (Å²) in [6, 6.07) is 0. The van der Waals surface area contributed by atoms with Crippen LogP contribution in [0.15, 0.2) is 12.4 Å². The molecule has 1 fully saturated rings. The molecule has 1 unspecified atom stereocenters. The van der Waals surface area contributed by atoms with Crippen molar-refractivity contribution in [2.45, 2.75) is 12.5 Å². The highest BCUT2D eigenvalue weighted by molar-refractivity contribution is 7.80. The van der Waals surface area contributed by atoms with Crippen LogP contribution in [0.3, 0.4) is 0 Å². The van der Waals surface area contributed by atoms with Gasteiger partial charge in [0.15, 0.2) is 0 Å². The van der Waals surface area contributed by atoms with Gasteiger partial charge in [0.1, 0.15) is 6.10 Å². The molecule has 94 valence electrons. The van der Waals surface area contributed by atoms with Gasteiger partial charge < -0.3 is 9.64 Å². The Morgan fingerprint density at radius 2 is 2.53 bits per heavy atom. The lowest BCUT2D eigenvalue weighted by atomic mass is 10.1. The predicted molar refractivity (Wildman–Crippen MR) is 67.0 cm³/mol. The lowest BCUT2D eigenvalue weighted by Gasteiger charge is -2.32. The average Bonchev–Trinajstić information content (AvgIpc) is 2.76. The quantitative estimate of drug-likeness (QED) is 0.806. The van der Waals surface area contributed by atoms with E-state index in [1.165, 1.54) is 0 Å². The Balaban J connectivity index is 1.99. The summed E-state index contributed by atoms with van der Waals surface area (Å²) in [6.45, 7) is 1.86. The summed E-state index contributed by atoms with van der Waals surface area (Å²) >= 11 is 4.08. The minimum Gasteiger partial charge on any atom is -0.370 e. The van der Waals surface area contributed by atoms with E-state index in [0.29, 0.717) is 31.9 Å². The number of thiol groups is 1. The monoisotopic (exact) mass is 255 g/mol. The lowest BCUT2D eigenvalue weighted by molar-refractivity contribution is -0.138. The van der Waals surface area contributed by atoms with Gasteiger partial charge in [-0.15, -0.1) is 0 Å².